The third-order valence-electron chi connectivity index (χ3n) is 7.63. The second-order valence-corrected chi connectivity index (χ2v) is 11.1. The molecule has 0 aromatic heterocycles. The molecule has 45 heavy (non-hydrogen) atoms. The van der Waals surface area contributed by atoms with E-state index in [4.69, 9.17) is 5.73 Å². The van der Waals surface area contributed by atoms with Crippen LogP contribution in [0.4, 0.5) is 22.7 Å². The van der Waals surface area contributed by atoms with Gasteiger partial charge < -0.3 is 11.1 Å². The van der Waals surface area contributed by atoms with Crippen molar-refractivity contribution in [3.8, 4) is 0 Å². The van der Waals surface area contributed by atoms with E-state index in [1.54, 1.807) is 0 Å². The molecule has 2 aromatic carbocycles. The Kier molecular flexibility index (Phi) is 14.7. The zero-order chi connectivity index (χ0) is 33.4. The molecule has 15 heteroatoms. The fourth-order valence-corrected chi connectivity index (χ4v) is 4.95. The van der Waals surface area contributed by atoms with Crippen LogP contribution in [0.5, 0.6) is 0 Å². The average Bonchev–Trinajstić information content (AvgIpc) is 3.46. The van der Waals surface area contributed by atoms with Crippen LogP contribution in [0, 0.1) is 45.9 Å². The number of aryl methyl sites for hydroxylation is 1. The van der Waals surface area contributed by atoms with Gasteiger partial charge in [-0.15, -0.1) is 0 Å². The van der Waals surface area contributed by atoms with Crippen LogP contribution in [0.3, 0.4) is 0 Å². The van der Waals surface area contributed by atoms with Crippen molar-refractivity contribution >= 4 is 28.7 Å². The maximum absolute atomic E-state index is 12.2. The summed E-state index contributed by atoms with van der Waals surface area (Å²) in [5.41, 5.74) is 4.99. The molecule has 3 rings (SSSR count). The van der Waals surface area contributed by atoms with Gasteiger partial charge in [-0.2, -0.15) is 0 Å². The Morgan fingerprint density at radius 2 is 1.16 bits per heavy atom. The number of nitrogens with one attached hydrogen (secondary N) is 1. The van der Waals surface area contributed by atoms with Crippen LogP contribution in [0.25, 0.3) is 0 Å². The van der Waals surface area contributed by atoms with Gasteiger partial charge in [-0.3, -0.25) is 45.3 Å². The molecule has 0 radical (unpaired) electrons. The molecular weight excluding hydrogens is 588 g/mol. The normalized spacial score (nSPS) is 13.0. The number of amides is 1. The Labute approximate surface area is 260 Å². The molecule has 1 amide bonds. The van der Waals surface area contributed by atoms with Gasteiger partial charge in [0, 0.05) is 29.8 Å². The van der Waals surface area contributed by atoms with Crippen molar-refractivity contribution in [2.24, 2.45) is 11.1 Å². The van der Waals surface area contributed by atoms with Crippen LogP contribution in [0.1, 0.15) is 75.8 Å². The molecule has 2 aromatic rings. The van der Waals surface area contributed by atoms with Crippen molar-refractivity contribution in [3.05, 3.63) is 100 Å². The first-order valence-corrected chi connectivity index (χ1v) is 14.9. The summed E-state index contributed by atoms with van der Waals surface area (Å²) in [6.07, 6.45) is 13.7. The van der Waals surface area contributed by atoms with Crippen LogP contribution < -0.4 is 11.1 Å². The predicted octanol–water partition coefficient (Wildman–Crippen LogP) is 6.25. The number of nitro benzene ring substituents is 4. The van der Waals surface area contributed by atoms with Gasteiger partial charge in [0.25, 0.3) is 22.7 Å². The molecule has 1 aliphatic carbocycles. The molecule has 0 heterocycles. The number of hydrogen-bond donors (Lipinski definition) is 2. The van der Waals surface area contributed by atoms with E-state index in [-0.39, 0.29) is 40.6 Å². The number of allylic oxidation sites excluding steroid dienone is 2. The molecule has 0 fully saturated rings. The number of non-ortho nitro benzene ring substituents is 2. The molecule has 0 unspecified atom stereocenters. The first kappa shape index (κ1) is 36.4. The summed E-state index contributed by atoms with van der Waals surface area (Å²) in [5, 5.41) is 46.0. The highest BCUT2D eigenvalue weighted by molar-refractivity contribution is 5.83. The molecule has 3 N–H and O–H groups in total. The van der Waals surface area contributed by atoms with Gasteiger partial charge in [-0.1, -0.05) is 51.2 Å². The van der Waals surface area contributed by atoms with E-state index in [1.807, 2.05) is 6.92 Å². The van der Waals surface area contributed by atoms with Gasteiger partial charge in [-0.25, -0.2) is 0 Å². The monoisotopic (exact) mass is 628 g/mol. The van der Waals surface area contributed by atoms with Crippen molar-refractivity contribution in [1.29, 1.82) is 0 Å². The van der Waals surface area contributed by atoms with E-state index in [1.165, 1.54) is 24.3 Å². The zero-order valence-electron chi connectivity index (χ0n) is 25.4. The van der Waals surface area contributed by atoms with Crippen LogP contribution in [0.15, 0.2) is 48.6 Å². The number of rotatable bonds is 17. The molecule has 244 valence electrons. The van der Waals surface area contributed by atoms with Crippen LogP contribution in [0.2, 0.25) is 0 Å². The largest absolute Gasteiger partial charge is 0.356 e. The van der Waals surface area contributed by atoms with E-state index in [9.17, 15) is 45.3 Å². The Hall–Kier alpha value is -4.79. The molecule has 0 saturated heterocycles. The van der Waals surface area contributed by atoms with Gasteiger partial charge >= 0.3 is 0 Å². The van der Waals surface area contributed by atoms with Gasteiger partial charge in [-0.05, 0) is 57.2 Å². The van der Waals surface area contributed by atoms with Gasteiger partial charge in [0.15, 0.2) is 0 Å². The third kappa shape index (κ3) is 11.7. The molecule has 0 bridgehead atoms. The lowest BCUT2D eigenvalue weighted by Crippen LogP contribution is -2.37. The summed E-state index contributed by atoms with van der Waals surface area (Å²) in [5.74, 6) is 0.146. The van der Waals surface area contributed by atoms with Crippen LogP contribution in [-0.4, -0.2) is 38.7 Å². The lowest BCUT2D eigenvalue weighted by atomic mass is 9.87. The number of carbonyl (C=O) groups is 1. The maximum Gasteiger partial charge on any atom is 0.279 e. The summed E-state index contributed by atoms with van der Waals surface area (Å²) >= 11 is 0. The number of hydrogen-bond acceptors (Lipinski definition) is 10. The number of benzene rings is 2. The second kappa shape index (κ2) is 18.1. The lowest BCUT2D eigenvalue weighted by molar-refractivity contribution is -0.394. The predicted molar refractivity (Wildman–Crippen MR) is 168 cm³/mol. The van der Waals surface area contributed by atoms with Crippen molar-refractivity contribution in [3.63, 3.8) is 0 Å². The minimum absolute atomic E-state index is 0.146. The standard InChI is InChI=1S/C22H31N3O5.C8H9N3O4/c1-22(14-8-9-15-22)21(26)23-16-10-6-4-2-3-5-7-11-18-12-13-19(24(27)28)17-20(18)25(29)30;9-4-3-6-1-2-7(10(12)13)5-8(6)11(14)15/h8-9,12-13,17H,2-7,10-11,14-16H2,1H3,(H,23,26);1-2,5H,3-4,9H2. The highest BCUT2D eigenvalue weighted by Gasteiger charge is 2.33. The number of nitrogens with two attached hydrogens (primary N) is 1. The molecule has 0 aliphatic heterocycles. The van der Waals surface area contributed by atoms with E-state index in [0.717, 1.165) is 76.5 Å². The quantitative estimate of drug-likeness (QED) is 0.0865. The topological polar surface area (TPSA) is 228 Å². The zero-order valence-corrected chi connectivity index (χ0v) is 25.4. The fraction of sp³-hybridized carbons (Fsp3) is 0.500. The Morgan fingerprint density at radius 3 is 1.60 bits per heavy atom. The summed E-state index contributed by atoms with van der Waals surface area (Å²) in [7, 11) is 0. The molecule has 0 atom stereocenters. The SMILES string of the molecule is CC1(C(=O)NCCCCCCCCCc2ccc([N+](=O)[O-])cc2[N+](=O)[O-])CC=CC1.NCCc1ccc([N+](=O)[O-])cc1[N+](=O)[O-]. The van der Waals surface area contributed by atoms with E-state index < -0.39 is 19.7 Å². The Balaban J connectivity index is 0.000000394. The van der Waals surface area contributed by atoms with E-state index in [0.29, 0.717) is 24.0 Å². The fourth-order valence-electron chi connectivity index (χ4n) is 4.95. The first-order valence-electron chi connectivity index (χ1n) is 14.9. The van der Waals surface area contributed by atoms with Crippen LogP contribution >= 0.6 is 0 Å². The minimum Gasteiger partial charge on any atom is -0.356 e. The molecule has 0 saturated carbocycles. The first-order chi connectivity index (χ1) is 21.4. The van der Waals surface area contributed by atoms with Gasteiger partial charge in [0.2, 0.25) is 5.91 Å². The molecular formula is C30H40N6O9. The second-order valence-electron chi connectivity index (χ2n) is 11.1. The smallest absolute Gasteiger partial charge is 0.279 e. The van der Waals surface area contributed by atoms with Crippen molar-refractivity contribution < 1.29 is 24.5 Å². The minimum atomic E-state index is -0.667. The summed E-state index contributed by atoms with van der Waals surface area (Å²) in [4.78, 5) is 52.6. The van der Waals surface area contributed by atoms with Crippen molar-refractivity contribution in [1.82, 2.24) is 5.32 Å². The van der Waals surface area contributed by atoms with E-state index in [2.05, 4.69) is 17.5 Å². The number of unbranched alkanes of at least 4 members (excludes halogenated alkanes) is 6. The van der Waals surface area contributed by atoms with E-state index >= 15 is 0 Å². The summed E-state index contributed by atoms with van der Waals surface area (Å²) in [6, 6.07) is 7.40. The number of nitrogens with zero attached hydrogens (tertiary/aromatic N) is 4. The Morgan fingerprint density at radius 1 is 0.711 bits per heavy atom. The van der Waals surface area contributed by atoms with Crippen LogP contribution in [-0.2, 0) is 17.6 Å². The maximum atomic E-state index is 12.2. The van der Waals surface area contributed by atoms with Crippen molar-refractivity contribution in [2.75, 3.05) is 13.1 Å². The molecule has 1 aliphatic rings. The number of nitro groups is 4. The van der Waals surface area contributed by atoms with Crippen molar-refractivity contribution in [2.45, 2.75) is 77.6 Å². The highest BCUT2D eigenvalue weighted by Crippen LogP contribution is 2.32. The Bertz CT molecular complexity index is 1390. The van der Waals surface area contributed by atoms with Gasteiger partial charge in [0.05, 0.1) is 37.2 Å². The third-order valence-corrected chi connectivity index (χ3v) is 7.63. The average molecular weight is 629 g/mol. The summed E-state index contributed by atoms with van der Waals surface area (Å²) < 4.78 is 0. The lowest BCUT2D eigenvalue weighted by Gasteiger charge is -2.22. The number of carbonyl (C=O) groups excluding carboxylic acids is 1. The summed E-state index contributed by atoms with van der Waals surface area (Å²) in [6.45, 7) is 2.99. The highest BCUT2D eigenvalue weighted by atomic mass is 16.6. The molecule has 15 nitrogen and oxygen atoms in total. The van der Waals surface area contributed by atoms with Gasteiger partial charge in [0.1, 0.15) is 0 Å². The molecule has 0 spiro atoms.